The normalized spacial score (nSPS) is 17.8. The number of aliphatic hydroxyl groups excluding tert-OH is 1. The molecule has 96 valence electrons. The number of hydrazine groups is 1. The summed E-state index contributed by atoms with van der Waals surface area (Å²) in [6, 6.07) is -0.229. The van der Waals surface area contributed by atoms with Gasteiger partial charge >= 0.3 is 0 Å². The molecule has 0 bridgehead atoms. The summed E-state index contributed by atoms with van der Waals surface area (Å²) in [6.45, 7) is 5.50. The lowest BCUT2D eigenvalue weighted by Gasteiger charge is -2.23. The molecule has 7 heteroatoms. The van der Waals surface area contributed by atoms with Gasteiger partial charge in [0.05, 0.1) is 13.7 Å². The van der Waals surface area contributed by atoms with Crippen molar-refractivity contribution >= 4 is 11.6 Å². The Hall–Kier alpha value is -0.750. The van der Waals surface area contributed by atoms with E-state index in [0.29, 0.717) is 4.97 Å². The van der Waals surface area contributed by atoms with Crippen molar-refractivity contribution in [2.45, 2.75) is 38.8 Å². The maximum Gasteiger partial charge on any atom is 0.275 e. The van der Waals surface area contributed by atoms with E-state index in [1.54, 1.807) is 14.0 Å². The number of rotatable bonds is 7. The van der Waals surface area contributed by atoms with Crippen LogP contribution >= 0.6 is 11.6 Å². The molecule has 0 fully saturated rings. The summed E-state index contributed by atoms with van der Waals surface area (Å²) in [5.74, 6) is 0.216. The third-order valence-corrected chi connectivity index (χ3v) is 2.60. The van der Waals surface area contributed by atoms with Gasteiger partial charge in [-0.05, 0) is 12.8 Å². The summed E-state index contributed by atoms with van der Waals surface area (Å²) in [6.07, 6.45) is 0.885. The van der Waals surface area contributed by atoms with E-state index in [-0.39, 0.29) is 18.6 Å². The minimum atomic E-state index is -0.626. The standard InChI is InChI=1S/C9H21ClN3O3/c1-5-7(2)9(6-14)12(4)13(15)11-16-8(3)10/h7-9,14H,5-6H2,1-4H3,(H,11,15)/q+1/t7-,8?,9-/m1/s1. The lowest BCUT2D eigenvalue weighted by Crippen LogP contribution is -2.44. The molecule has 0 spiro atoms. The van der Waals surface area contributed by atoms with Crippen molar-refractivity contribution in [1.29, 1.82) is 0 Å². The zero-order chi connectivity index (χ0) is 12.7. The summed E-state index contributed by atoms with van der Waals surface area (Å²) < 4.78 is 0. The average molecular weight is 255 g/mol. The largest absolute Gasteiger partial charge is 0.394 e. The molecule has 0 aliphatic rings. The fourth-order valence-corrected chi connectivity index (χ4v) is 1.27. The van der Waals surface area contributed by atoms with Gasteiger partial charge in [-0.15, -0.1) is 5.01 Å². The van der Waals surface area contributed by atoms with Crippen molar-refractivity contribution in [2.75, 3.05) is 13.7 Å². The molecule has 0 radical (unpaired) electrons. The molecule has 0 aromatic carbocycles. The van der Waals surface area contributed by atoms with Crippen LogP contribution in [0.3, 0.4) is 0 Å². The predicted molar refractivity (Wildman–Crippen MR) is 59.0 cm³/mol. The number of likely N-dealkylation sites (N-methyl/N-ethyl adjacent to an activating group) is 1. The minimum Gasteiger partial charge on any atom is -0.394 e. The van der Waals surface area contributed by atoms with Gasteiger partial charge in [0.1, 0.15) is 6.04 Å². The number of aliphatic hydroxyl groups is 1. The van der Waals surface area contributed by atoms with E-state index in [4.69, 9.17) is 11.6 Å². The van der Waals surface area contributed by atoms with Crippen LogP contribution in [0.2, 0.25) is 0 Å². The highest BCUT2D eigenvalue weighted by molar-refractivity contribution is 6.19. The number of hydrogen-bond acceptors (Lipinski definition) is 3. The van der Waals surface area contributed by atoms with Crippen molar-refractivity contribution < 1.29 is 20.1 Å². The first-order valence-electron chi connectivity index (χ1n) is 5.27. The average Bonchev–Trinajstić information content (AvgIpc) is 2.26. The van der Waals surface area contributed by atoms with E-state index >= 15 is 0 Å². The molecule has 16 heavy (non-hydrogen) atoms. The first kappa shape index (κ1) is 15.2. The van der Waals surface area contributed by atoms with Gasteiger partial charge in [0.15, 0.2) is 0 Å². The fourth-order valence-electron chi connectivity index (χ4n) is 1.24. The Morgan fingerprint density at radius 2 is 2.06 bits per heavy atom. The Morgan fingerprint density at radius 1 is 1.50 bits per heavy atom. The Bertz CT molecular complexity index is 226. The molecule has 3 atom stereocenters. The molecule has 1 unspecified atom stereocenters. The quantitative estimate of drug-likeness (QED) is 0.314. The molecule has 6 nitrogen and oxygen atoms in total. The minimum absolute atomic E-state index is 0.0749. The monoisotopic (exact) mass is 254 g/mol. The summed E-state index contributed by atoms with van der Waals surface area (Å²) in [7, 11) is 1.61. The zero-order valence-corrected chi connectivity index (χ0v) is 10.9. The Labute approximate surface area is 101 Å². The van der Waals surface area contributed by atoms with E-state index in [1.807, 2.05) is 13.8 Å². The van der Waals surface area contributed by atoms with Crippen LogP contribution in [0.25, 0.3) is 0 Å². The molecule has 0 amide bonds. The molecule has 0 aromatic heterocycles. The topological polar surface area (TPSA) is 68.3 Å². The summed E-state index contributed by atoms with van der Waals surface area (Å²) in [5.41, 5.74) is -0.626. The second-order valence-corrected chi connectivity index (χ2v) is 4.32. The lowest BCUT2D eigenvalue weighted by atomic mass is 10.00. The van der Waals surface area contributed by atoms with Crippen LogP contribution in [0.5, 0.6) is 0 Å². The van der Waals surface area contributed by atoms with Gasteiger partial charge in [0.25, 0.3) is 10.2 Å². The van der Waals surface area contributed by atoms with Crippen LogP contribution in [0, 0.1) is 5.92 Å². The van der Waals surface area contributed by atoms with Gasteiger partial charge in [-0.2, -0.15) is 0 Å². The van der Waals surface area contributed by atoms with Gasteiger partial charge in [-0.1, -0.05) is 31.9 Å². The van der Waals surface area contributed by atoms with E-state index in [2.05, 4.69) is 10.1 Å². The molecule has 0 saturated heterocycles. The van der Waals surface area contributed by atoms with Gasteiger partial charge in [0.2, 0.25) is 5.56 Å². The number of halogens is 1. The number of nitrogens with zero attached hydrogens (tertiary/aromatic N) is 3. The second-order valence-electron chi connectivity index (χ2n) is 3.71. The molecular weight excluding hydrogens is 234 g/mol. The van der Waals surface area contributed by atoms with Crippen molar-refractivity contribution in [3.63, 3.8) is 0 Å². The van der Waals surface area contributed by atoms with Crippen LogP contribution in [0.4, 0.5) is 0 Å². The Balaban J connectivity index is 4.48. The van der Waals surface area contributed by atoms with Crippen molar-refractivity contribution in [1.82, 2.24) is 5.01 Å². The highest BCUT2D eigenvalue weighted by atomic mass is 35.5. The smallest absolute Gasteiger partial charge is 0.275 e. The maximum atomic E-state index is 9.51. The highest BCUT2D eigenvalue weighted by Gasteiger charge is 2.29. The molecule has 0 aromatic rings. The second kappa shape index (κ2) is 7.51. The molecule has 0 rings (SSSR count). The molecule has 0 aliphatic carbocycles. The Kier molecular flexibility index (Phi) is 7.16. The van der Waals surface area contributed by atoms with E-state index in [1.165, 1.54) is 5.01 Å². The summed E-state index contributed by atoms with van der Waals surface area (Å²) in [5, 5.41) is 23.5. The van der Waals surface area contributed by atoms with Crippen LogP contribution in [-0.2, 0) is 4.84 Å². The van der Waals surface area contributed by atoms with Gasteiger partial charge in [0, 0.05) is 0 Å². The first-order chi connectivity index (χ1) is 7.43. The van der Waals surface area contributed by atoms with Crippen LogP contribution in [0.15, 0.2) is 5.28 Å². The first-order valence-corrected chi connectivity index (χ1v) is 5.71. The maximum absolute atomic E-state index is 9.51. The highest BCUT2D eigenvalue weighted by Crippen LogP contribution is 2.13. The summed E-state index contributed by atoms with van der Waals surface area (Å²) >= 11 is 5.51. The molecule has 0 saturated carbocycles. The van der Waals surface area contributed by atoms with Gasteiger partial charge in [-0.3, -0.25) is 0 Å². The fraction of sp³-hybridized carbons (Fsp3) is 1.00. The zero-order valence-electron chi connectivity index (χ0n) is 10.2. The lowest BCUT2D eigenvalue weighted by molar-refractivity contribution is -0.943. The van der Waals surface area contributed by atoms with Crippen molar-refractivity contribution in [2.24, 2.45) is 11.2 Å². The van der Waals surface area contributed by atoms with E-state index in [9.17, 15) is 10.3 Å². The molecule has 0 aliphatic heterocycles. The van der Waals surface area contributed by atoms with Crippen molar-refractivity contribution in [3.8, 4) is 0 Å². The van der Waals surface area contributed by atoms with Crippen LogP contribution in [0.1, 0.15) is 27.2 Å². The van der Waals surface area contributed by atoms with Crippen LogP contribution in [-0.4, -0.2) is 45.6 Å². The van der Waals surface area contributed by atoms with Gasteiger partial charge < -0.3 is 9.94 Å². The third kappa shape index (κ3) is 4.85. The van der Waals surface area contributed by atoms with E-state index < -0.39 is 5.56 Å². The molecular formula is C9H21ClN3O3+. The Morgan fingerprint density at radius 3 is 2.44 bits per heavy atom. The van der Waals surface area contributed by atoms with Crippen LogP contribution < -0.4 is 0 Å². The number of hydrogen-bond donors (Lipinski definition) is 2. The predicted octanol–water partition coefficient (Wildman–Crippen LogP) is 1.61. The van der Waals surface area contributed by atoms with Gasteiger partial charge in [-0.25, -0.2) is 5.21 Å². The molecule has 0 heterocycles. The summed E-state index contributed by atoms with van der Waals surface area (Å²) in [4.78, 5) is 5.22. The SMILES string of the molecule is CC[C@@H](C)[C@@H](CO)N(C)/[N+](O)=N/OC(C)Cl. The van der Waals surface area contributed by atoms with Crippen molar-refractivity contribution in [3.05, 3.63) is 0 Å². The third-order valence-electron chi connectivity index (χ3n) is 2.52. The number of alkyl halides is 1. The molecule has 2 N–H and O–H groups in total. The van der Waals surface area contributed by atoms with E-state index in [0.717, 1.165) is 6.42 Å².